The van der Waals surface area contributed by atoms with Crippen LogP contribution in [0.25, 0.3) is 0 Å². The van der Waals surface area contributed by atoms with E-state index in [1.54, 1.807) is 7.11 Å². The lowest BCUT2D eigenvalue weighted by molar-refractivity contribution is 0.0340. The van der Waals surface area contributed by atoms with Gasteiger partial charge in [-0.1, -0.05) is 38.5 Å². The highest BCUT2D eigenvalue weighted by molar-refractivity contribution is 5.37. The average Bonchev–Trinajstić information content (AvgIpc) is 2.79. The Hall–Kier alpha value is -1.06. The maximum atomic E-state index is 10.9. The highest BCUT2D eigenvalue weighted by atomic mass is 16.5. The van der Waals surface area contributed by atoms with Crippen molar-refractivity contribution in [2.75, 3.05) is 13.7 Å². The van der Waals surface area contributed by atoms with Crippen LogP contribution in [0.5, 0.6) is 5.75 Å². The molecule has 112 valence electrons. The molecule has 1 saturated carbocycles. The van der Waals surface area contributed by atoms with Crippen LogP contribution in [-0.2, 0) is 0 Å². The first kappa shape index (κ1) is 15.3. The fourth-order valence-electron chi connectivity index (χ4n) is 3.69. The molecule has 0 bridgehead atoms. The Kier molecular flexibility index (Phi) is 4.71. The first-order valence-corrected chi connectivity index (χ1v) is 7.52. The van der Waals surface area contributed by atoms with Gasteiger partial charge in [0.2, 0.25) is 0 Å². The topological polar surface area (TPSA) is 55.5 Å². The molecule has 2 rings (SSSR count). The van der Waals surface area contributed by atoms with Gasteiger partial charge in [0, 0.05) is 18.0 Å². The Morgan fingerprint density at radius 1 is 1.40 bits per heavy atom. The minimum absolute atomic E-state index is 0.0616. The zero-order chi connectivity index (χ0) is 14.8. The van der Waals surface area contributed by atoms with Gasteiger partial charge in [-0.15, -0.1) is 0 Å². The average molecular weight is 277 g/mol. The number of rotatable bonds is 5. The molecule has 20 heavy (non-hydrogen) atoms. The van der Waals surface area contributed by atoms with Gasteiger partial charge in [-0.25, -0.2) is 0 Å². The van der Waals surface area contributed by atoms with Crippen molar-refractivity contribution in [1.82, 2.24) is 0 Å². The van der Waals surface area contributed by atoms with Gasteiger partial charge in [0.25, 0.3) is 0 Å². The lowest BCUT2D eigenvalue weighted by Crippen LogP contribution is -2.37. The lowest BCUT2D eigenvalue weighted by Gasteiger charge is -2.35. The Labute approximate surface area is 122 Å². The molecule has 3 N–H and O–H groups in total. The first-order chi connectivity index (χ1) is 9.51. The lowest BCUT2D eigenvalue weighted by atomic mass is 9.73. The van der Waals surface area contributed by atoms with Crippen molar-refractivity contribution in [3.05, 3.63) is 29.8 Å². The SMILES string of the molecule is COc1ccccc1C(CN)C(O)C1CCCC1(C)C. The van der Waals surface area contributed by atoms with Crippen LogP contribution < -0.4 is 10.5 Å². The Morgan fingerprint density at radius 3 is 2.65 bits per heavy atom. The highest BCUT2D eigenvalue weighted by Gasteiger charge is 2.42. The minimum atomic E-state index is -0.409. The van der Waals surface area contributed by atoms with Crippen molar-refractivity contribution in [3.8, 4) is 5.75 Å². The molecular formula is C17H27NO2. The molecule has 3 unspecified atom stereocenters. The van der Waals surface area contributed by atoms with Gasteiger partial charge in [-0.05, 0) is 30.2 Å². The van der Waals surface area contributed by atoms with Crippen LogP contribution in [0, 0.1) is 11.3 Å². The summed E-state index contributed by atoms with van der Waals surface area (Å²) in [6.07, 6.45) is 3.05. The number of aliphatic hydroxyl groups excluding tert-OH is 1. The van der Waals surface area contributed by atoms with Crippen LogP contribution in [0.4, 0.5) is 0 Å². The number of ether oxygens (including phenoxy) is 1. The zero-order valence-electron chi connectivity index (χ0n) is 12.8. The van der Waals surface area contributed by atoms with E-state index in [0.717, 1.165) is 17.7 Å². The molecule has 1 fully saturated rings. The molecule has 1 aliphatic rings. The van der Waals surface area contributed by atoms with E-state index >= 15 is 0 Å². The molecule has 0 spiro atoms. The largest absolute Gasteiger partial charge is 0.496 e. The van der Waals surface area contributed by atoms with E-state index in [9.17, 15) is 5.11 Å². The Balaban J connectivity index is 2.28. The molecular weight excluding hydrogens is 250 g/mol. The summed E-state index contributed by atoms with van der Waals surface area (Å²) in [4.78, 5) is 0. The second kappa shape index (κ2) is 6.15. The summed E-state index contributed by atoms with van der Waals surface area (Å²) in [5.74, 6) is 1.06. The van der Waals surface area contributed by atoms with Crippen LogP contribution in [0.15, 0.2) is 24.3 Å². The summed E-state index contributed by atoms with van der Waals surface area (Å²) in [6, 6.07) is 7.88. The fourth-order valence-corrected chi connectivity index (χ4v) is 3.69. The number of hydrogen-bond donors (Lipinski definition) is 2. The second-order valence-corrected chi connectivity index (χ2v) is 6.56. The normalized spacial score (nSPS) is 24.4. The summed E-state index contributed by atoms with van der Waals surface area (Å²) in [5.41, 5.74) is 7.18. The standard InChI is InChI=1S/C17H27NO2/c1-17(2)10-6-8-14(17)16(19)13(11-18)12-7-4-5-9-15(12)20-3/h4-5,7,9,13-14,16,19H,6,8,10-11,18H2,1-3H3. The van der Waals surface area contributed by atoms with E-state index in [1.807, 2.05) is 24.3 Å². The van der Waals surface area contributed by atoms with Crippen molar-refractivity contribution < 1.29 is 9.84 Å². The van der Waals surface area contributed by atoms with Gasteiger partial charge in [0.15, 0.2) is 0 Å². The van der Waals surface area contributed by atoms with Crippen molar-refractivity contribution in [1.29, 1.82) is 0 Å². The predicted molar refractivity (Wildman–Crippen MR) is 81.9 cm³/mol. The molecule has 0 saturated heterocycles. The zero-order valence-corrected chi connectivity index (χ0v) is 12.8. The summed E-state index contributed by atoms with van der Waals surface area (Å²) in [5, 5.41) is 10.9. The van der Waals surface area contributed by atoms with E-state index < -0.39 is 6.10 Å². The van der Waals surface area contributed by atoms with Gasteiger partial charge in [0.1, 0.15) is 5.75 Å². The molecule has 3 heteroatoms. The number of benzene rings is 1. The van der Waals surface area contributed by atoms with Crippen LogP contribution in [0.1, 0.15) is 44.6 Å². The van der Waals surface area contributed by atoms with Crippen LogP contribution in [-0.4, -0.2) is 24.9 Å². The number of aliphatic hydroxyl groups is 1. The monoisotopic (exact) mass is 277 g/mol. The molecule has 3 atom stereocenters. The van der Waals surface area contributed by atoms with E-state index in [2.05, 4.69) is 13.8 Å². The number of hydrogen-bond acceptors (Lipinski definition) is 3. The summed E-state index contributed by atoms with van der Waals surface area (Å²) >= 11 is 0. The summed E-state index contributed by atoms with van der Waals surface area (Å²) < 4.78 is 5.43. The molecule has 0 amide bonds. The van der Waals surface area contributed by atoms with Crippen molar-refractivity contribution in [2.24, 2.45) is 17.1 Å². The predicted octanol–water partition coefficient (Wildman–Crippen LogP) is 2.92. The molecule has 0 aliphatic heterocycles. The fraction of sp³-hybridized carbons (Fsp3) is 0.647. The van der Waals surface area contributed by atoms with Crippen LogP contribution >= 0.6 is 0 Å². The van der Waals surface area contributed by atoms with Gasteiger partial charge < -0.3 is 15.6 Å². The van der Waals surface area contributed by atoms with E-state index in [4.69, 9.17) is 10.5 Å². The maximum Gasteiger partial charge on any atom is 0.122 e. The molecule has 0 radical (unpaired) electrons. The number of nitrogens with two attached hydrogens (primary N) is 1. The molecule has 0 aromatic heterocycles. The van der Waals surface area contributed by atoms with Gasteiger partial charge >= 0.3 is 0 Å². The van der Waals surface area contributed by atoms with Crippen molar-refractivity contribution >= 4 is 0 Å². The summed E-state index contributed by atoms with van der Waals surface area (Å²) in [6.45, 7) is 4.95. The molecule has 1 aliphatic carbocycles. The van der Waals surface area contributed by atoms with Crippen LogP contribution in [0.2, 0.25) is 0 Å². The van der Waals surface area contributed by atoms with E-state index in [-0.39, 0.29) is 11.3 Å². The van der Waals surface area contributed by atoms with Crippen LogP contribution in [0.3, 0.4) is 0 Å². The number of para-hydroxylation sites is 1. The second-order valence-electron chi connectivity index (χ2n) is 6.56. The first-order valence-electron chi connectivity index (χ1n) is 7.52. The maximum absolute atomic E-state index is 10.9. The minimum Gasteiger partial charge on any atom is -0.496 e. The summed E-state index contributed by atoms with van der Waals surface area (Å²) in [7, 11) is 1.66. The molecule has 0 heterocycles. The smallest absolute Gasteiger partial charge is 0.122 e. The van der Waals surface area contributed by atoms with Crippen molar-refractivity contribution in [3.63, 3.8) is 0 Å². The Morgan fingerprint density at radius 2 is 2.10 bits per heavy atom. The van der Waals surface area contributed by atoms with Crippen molar-refractivity contribution in [2.45, 2.75) is 45.1 Å². The van der Waals surface area contributed by atoms with Gasteiger partial charge in [-0.2, -0.15) is 0 Å². The molecule has 1 aromatic rings. The quantitative estimate of drug-likeness (QED) is 0.870. The third-order valence-corrected chi connectivity index (χ3v) is 4.96. The van der Waals surface area contributed by atoms with Gasteiger partial charge in [0.05, 0.1) is 13.2 Å². The molecule has 1 aromatic carbocycles. The highest BCUT2D eigenvalue weighted by Crippen LogP contribution is 2.47. The molecule has 3 nitrogen and oxygen atoms in total. The number of methoxy groups -OCH3 is 1. The van der Waals surface area contributed by atoms with E-state index in [1.165, 1.54) is 12.8 Å². The third kappa shape index (κ3) is 2.84. The van der Waals surface area contributed by atoms with E-state index in [0.29, 0.717) is 12.5 Å². The third-order valence-electron chi connectivity index (χ3n) is 4.96. The van der Waals surface area contributed by atoms with Gasteiger partial charge in [-0.3, -0.25) is 0 Å². The Bertz CT molecular complexity index is 444.